The molecular weight excluding hydrogens is 396 g/mol. The molecule has 2 heterocycles. The maximum atomic E-state index is 12.7. The molecular formula is C24H24N2O5. The molecule has 0 radical (unpaired) electrons. The fourth-order valence-electron chi connectivity index (χ4n) is 4.17. The van der Waals surface area contributed by atoms with Crippen LogP contribution in [-0.2, 0) is 4.74 Å². The van der Waals surface area contributed by atoms with E-state index in [2.05, 4.69) is 0 Å². The Morgan fingerprint density at radius 3 is 1.16 bits per heavy atom. The summed E-state index contributed by atoms with van der Waals surface area (Å²) < 4.78 is 5.86. The number of carbonyl (C=O) groups is 4. The van der Waals surface area contributed by atoms with Crippen LogP contribution in [0, 0.1) is 0 Å². The number of amides is 4. The number of imide groups is 2. The molecule has 0 bridgehead atoms. The van der Waals surface area contributed by atoms with E-state index < -0.39 is 12.1 Å². The quantitative estimate of drug-likeness (QED) is 0.613. The first-order valence-electron chi connectivity index (χ1n) is 10.5. The third-order valence-electron chi connectivity index (χ3n) is 5.94. The second kappa shape index (κ2) is 8.43. The summed E-state index contributed by atoms with van der Waals surface area (Å²) in [4.78, 5) is 53.4. The summed E-state index contributed by atoms with van der Waals surface area (Å²) in [7, 11) is 0. The molecule has 2 aromatic rings. The fraction of sp³-hybridized carbons (Fsp3) is 0.333. The number of carbonyl (C=O) groups excluding carboxylic acids is 4. The first-order chi connectivity index (χ1) is 15.0. The maximum Gasteiger partial charge on any atom is 0.261 e. The summed E-state index contributed by atoms with van der Waals surface area (Å²) >= 11 is 0. The van der Waals surface area contributed by atoms with Crippen LogP contribution in [0.4, 0.5) is 0 Å². The molecule has 0 unspecified atom stereocenters. The van der Waals surface area contributed by atoms with Gasteiger partial charge in [-0.2, -0.15) is 0 Å². The van der Waals surface area contributed by atoms with Crippen LogP contribution >= 0.6 is 0 Å². The highest BCUT2D eigenvalue weighted by molar-refractivity contribution is 6.22. The number of ether oxygens (including phenoxy) is 1. The highest BCUT2D eigenvalue weighted by Gasteiger charge is 2.41. The summed E-state index contributed by atoms with van der Waals surface area (Å²) in [6, 6.07) is 12.7. The number of nitrogens with zero attached hydrogens (tertiary/aromatic N) is 2. The zero-order valence-corrected chi connectivity index (χ0v) is 17.5. The predicted molar refractivity (Wildman–Crippen MR) is 113 cm³/mol. The van der Waals surface area contributed by atoms with Crippen molar-refractivity contribution in [3.63, 3.8) is 0 Å². The molecule has 2 aromatic carbocycles. The van der Waals surface area contributed by atoms with E-state index in [1.165, 1.54) is 9.80 Å². The van der Waals surface area contributed by atoms with E-state index in [9.17, 15) is 19.2 Å². The van der Waals surface area contributed by atoms with E-state index in [-0.39, 0.29) is 36.8 Å². The Hall–Kier alpha value is -3.32. The van der Waals surface area contributed by atoms with Gasteiger partial charge in [-0.25, -0.2) is 0 Å². The number of hydrogen-bond acceptors (Lipinski definition) is 5. The van der Waals surface area contributed by atoms with Crippen molar-refractivity contribution in [2.75, 3.05) is 13.2 Å². The monoisotopic (exact) mass is 420 g/mol. The van der Waals surface area contributed by atoms with E-state index in [4.69, 9.17) is 4.74 Å². The van der Waals surface area contributed by atoms with Crippen molar-refractivity contribution in [2.24, 2.45) is 0 Å². The van der Waals surface area contributed by atoms with Crippen LogP contribution in [0.25, 0.3) is 0 Å². The minimum Gasteiger partial charge on any atom is -0.377 e. The summed E-state index contributed by atoms with van der Waals surface area (Å²) in [6.07, 6.45) is 1.07. The van der Waals surface area contributed by atoms with Gasteiger partial charge in [-0.15, -0.1) is 0 Å². The molecule has 0 N–H and O–H groups in total. The number of fused-ring (bicyclic) bond motifs is 2. The topological polar surface area (TPSA) is 84.0 Å². The molecule has 7 nitrogen and oxygen atoms in total. The Labute approximate surface area is 180 Å². The minimum absolute atomic E-state index is 0.141. The van der Waals surface area contributed by atoms with Gasteiger partial charge in [0.1, 0.15) is 0 Å². The van der Waals surface area contributed by atoms with Crippen molar-refractivity contribution in [1.29, 1.82) is 0 Å². The molecule has 0 spiro atoms. The lowest BCUT2D eigenvalue weighted by atomic mass is 10.1. The molecule has 7 heteroatoms. The van der Waals surface area contributed by atoms with Gasteiger partial charge >= 0.3 is 0 Å². The largest absolute Gasteiger partial charge is 0.377 e. The zero-order valence-electron chi connectivity index (χ0n) is 17.5. The number of hydrogen-bond donors (Lipinski definition) is 0. The van der Waals surface area contributed by atoms with Gasteiger partial charge in [-0.3, -0.25) is 29.0 Å². The van der Waals surface area contributed by atoms with Crippen LogP contribution in [0.15, 0.2) is 48.5 Å². The lowest BCUT2D eigenvalue weighted by molar-refractivity contribution is 0.0210. The van der Waals surface area contributed by atoms with E-state index in [1.54, 1.807) is 48.5 Å². The first kappa shape index (κ1) is 20.9. The fourth-order valence-corrected chi connectivity index (χ4v) is 4.17. The molecule has 2 aliphatic rings. The Balaban J connectivity index is 1.42. The highest BCUT2D eigenvalue weighted by atomic mass is 16.5. The van der Waals surface area contributed by atoms with Crippen molar-refractivity contribution in [2.45, 2.75) is 38.8 Å². The Bertz CT molecular complexity index is 910. The van der Waals surface area contributed by atoms with Crippen LogP contribution in [0.2, 0.25) is 0 Å². The Morgan fingerprint density at radius 2 is 0.903 bits per heavy atom. The maximum absolute atomic E-state index is 12.7. The second-order valence-corrected chi connectivity index (χ2v) is 7.71. The average Bonchev–Trinajstić information content (AvgIpc) is 3.20. The third-order valence-corrected chi connectivity index (χ3v) is 5.94. The lowest BCUT2D eigenvalue weighted by Gasteiger charge is -2.28. The van der Waals surface area contributed by atoms with Gasteiger partial charge in [-0.05, 0) is 37.1 Å². The second-order valence-electron chi connectivity index (χ2n) is 7.71. The van der Waals surface area contributed by atoms with Crippen LogP contribution in [-0.4, -0.2) is 58.7 Å². The molecule has 0 fully saturated rings. The summed E-state index contributed by atoms with van der Waals surface area (Å²) in [5.41, 5.74) is 1.62. The molecule has 31 heavy (non-hydrogen) atoms. The molecule has 0 aliphatic carbocycles. The normalized spacial score (nSPS) is 17.2. The van der Waals surface area contributed by atoms with E-state index >= 15 is 0 Å². The highest BCUT2D eigenvalue weighted by Crippen LogP contribution is 2.27. The Morgan fingerprint density at radius 1 is 0.613 bits per heavy atom. The summed E-state index contributed by atoms with van der Waals surface area (Å²) in [5, 5.41) is 0. The zero-order chi connectivity index (χ0) is 22.1. The van der Waals surface area contributed by atoms with Crippen LogP contribution in [0.5, 0.6) is 0 Å². The summed E-state index contributed by atoms with van der Waals surface area (Å²) in [5.74, 6) is -1.27. The summed E-state index contributed by atoms with van der Waals surface area (Å²) in [6.45, 7) is 4.06. The lowest BCUT2D eigenvalue weighted by Crippen LogP contribution is -2.45. The minimum atomic E-state index is -0.424. The Kier molecular flexibility index (Phi) is 5.69. The van der Waals surface area contributed by atoms with E-state index in [1.807, 2.05) is 13.8 Å². The first-order valence-corrected chi connectivity index (χ1v) is 10.5. The third kappa shape index (κ3) is 3.45. The van der Waals surface area contributed by atoms with Crippen LogP contribution in [0.3, 0.4) is 0 Å². The molecule has 4 amide bonds. The molecule has 4 rings (SSSR count). The smallest absolute Gasteiger partial charge is 0.261 e. The van der Waals surface area contributed by atoms with Gasteiger partial charge in [0.2, 0.25) is 0 Å². The average molecular weight is 420 g/mol. The van der Waals surface area contributed by atoms with Crippen LogP contribution < -0.4 is 0 Å². The van der Waals surface area contributed by atoms with Crippen molar-refractivity contribution >= 4 is 23.6 Å². The van der Waals surface area contributed by atoms with E-state index in [0.29, 0.717) is 35.1 Å². The van der Waals surface area contributed by atoms with Crippen molar-refractivity contribution in [3.8, 4) is 0 Å². The van der Waals surface area contributed by atoms with Crippen LogP contribution in [0.1, 0.15) is 68.1 Å². The van der Waals surface area contributed by atoms with Gasteiger partial charge in [-0.1, -0.05) is 38.1 Å². The van der Waals surface area contributed by atoms with Crippen molar-refractivity contribution < 1.29 is 23.9 Å². The SMILES string of the molecule is CC[C@H](COC[C@@H](CC)N1C(=O)c2ccccc2C1=O)N1C(=O)c2ccccc2C1=O. The van der Waals surface area contributed by atoms with Crippen molar-refractivity contribution in [3.05, 3.63) is 70.8 Å². The molecule has 0 saturated heterocycles. The van der Waals surface area contributed by atoms with Crippen molar-refractivity contribution in [1.82, 2.24) is 9.80 Å². The molecule has 2 aliphatic heterocycles. The number of rotatable bonds is 8. The van der Waals surface area contributed by atoms with Gasteiger partial charge in [0, 0.05) is 0 Å². The predicted octanol–water partition coefficient (Wildman–Crippen LogP) is 3.15. The molecule has 0 saturated carbocycles. The number of benzene rings is 2. The van der Waals surface area contributed by atoms with Gasteiger partial charge < -0.3 is 4.74 Å². The van der Waals surface area contributed by atoms with Gasteiger partial charge in [0.25, 0.3) is 23.6 Å². The standard InChI is InChI=1S/C24H24N2O5/c1-3-15(25-21(27)17-9-5-6-10-18(17)22(25)28)13-31-14-16(4-2)26-23(29)19-11-7-8-12-20(19)24(26)30/h5-12,15-16H,3-4,13-14H2,1-2H3/t15-,16-/m1/s1. The van der Waals surface area contributed by atoms with E-state index in [0.717, 1.165) is 0 Å². The van der Waals surface area contributed by atoms with Gasteiger partial charge in [0.05, 0.1) is 47.6 Å². The van der Waals surface area contributed by atoms with Gasteiger partial charge in [0.15, 0.2) is 0 Å². The molecule has 160 valence electrons. The molecule has 0 aromatic heterocycles. The molecule has 2 atom stereocenters.